The first-order chi connectivity index (χ1) is 13.6. The van der Waals surface area contributed by atoms with Crippen LogP contribution in [0.1, 0.15) is 55.2 Å². The average molecular weight is 423 g/mol. The summed E-state index contributed by atoms with van der Waals surface area (Å²) in [7, 11) is 1.32. The van der Waals surface area contributed by atoms with Gasteiger partial charge in [0.05, 0.1) is 18.4 Å². The van der Waals surface area contributed by atoms with Crippen molar-refractivity contribution in [2.24, 2.45) is 5.92 Å². The lowest BCUT2D eigenvalue weighted by Crippen LogP contribution is -2.16. The summed E-state index contributed by atoms with van der Waals surface area (Å²) in [6, 6.07) is 1.64. The van der Waals surface area contributed by atoms with E-state index < -0.39 is 5.97 Å². The molecule has 1 N–H and O–H groups in total. The highest BCUT2D eigenvalue weighted by atomic mass is 32.2. The molecule has 9 heteroatoms. The number of carbonyl (C=O) groups excluding carboxylic acids is 2. The number of nitrogens with one attached hydrogen (secondary N) is 1. The van der Waals surface area contributed by atoms with E-state index in [0.717, 1.165) is 23.9 Å². The molecule has 0 unspecified atom stereocenters. The van der Waals surface area contributed by atoms with Crippen molar-refractivity contribution < 1.29 is 14.3 Å². The Morgan fingerprint density at radius 1 is 1.32 bits per heavy atom. The summed E-state index contributed by atoms with van der Waals surface area (Å²) >= 11 is 2.67. The molecule has 7 nitrogen and oxygen atoms in total. The van der Waals surface area contributed by atoms with Crippen LogP contribution in [0.4, 0.5) is 5.00 Å². The van der Waals surface area contributed by atoms with Gasteiger partial charge in [-0.15, -0.1) is 21.5 Å². The van der Waals surface area contributed by atoms with Gasteiger partial charge < -0.3 is 14.6 Å². The van der Waals surface area contributed by atoms with Crippen molar-refractivity contribution in [1.82, 2.24) is 14.8 Å². The fraction of sp³-hybridized carbons (Fsp3) is 0.579. The Morgan fingerprint density at radius 2 is 2.11 bits per heavy atom. The van der Waals surface area contributed by atoms with Gasteiger partial charge in [-0.25, -0.2) is 4.79 Å². The van der Waals surface area contributed by atoms with E-state index in [2.05, 4.69) is 27.0 Å². The Balaban J connectivity index is 1.57. The summed E-state index contributed by atoms with van der Waals surface area (Å²) in [5.74, 6) is 1.28. The second kappa shape index (κ2) is 10.1. The summed E-state index contributed by atoms with van der Waals surface area (Å²) in [6.45, 7) is 2.86. The van der Waals surface area contributed by atoms with Gasteiger partial charge in [0, 0.05) is 13.0 Å². The van der Waals surface area contributed by atoms with Crippen LogP contribution in [0, 0.1) is 5.92 Å². The predicted octanol–water partition coefficient (Wildman–Crippen LogP) is 4.00. The number of anilines is 1. The number of thioether (sulfide) groups is 1. The minimum absolute atomic E-state index is 0.183. The maximum atomic E-state index is 12.3. The average Bonchev–Trinajstić information content (AvgIpc) is 3.33. The standard InChI is InChI=1S/C19H26N4O3S2/c1-3-23-15(11-13-7-5-4-6-8-13)21-22-19(23)28-12-16(24)20-17-14(9-10-27-17)18(25)26-2/h9-10,13H,3-8,11-12H2,1-2H3,(H,20,24). The monoisotopic (exact) mass is 422 g/mol. The highest BCUT2D eigenvalue weighted by Crippen LogP contribution is 2.28. The van der Waals surface area contributed by atoms with Gasteiger partial charge in [0.25, 0.3) is 0 Å². The van der Waals surface area contributed by atoms with Gasteiger partial charge in [0.15, 0.2) is 5.16 Å². The number of ether oxygens (including phenoxy) is 1. The lowest BCUT2D eigenvalue weighted by molar-refractivity contribution is -0.113. The molecular weight excluding hydrogens is 396 g/mol. The topological polar surface area (TPSA) is 86.1 Å². The zero-order valence-electron chi connectivity index (χ0n) is 16.3. The van der Waals surface area contributed by atoms with E-state index in [1.165, 1.54) is 62.3 Å². The zero-order chi connectivity index (χ0) is 19.9. The predicted molar refractivity (Wildman–Crippen MR) is 111 cm³/mol. The quantitative estimate of drug-likeness (QED) is 0.511. The van der Waals surface area contributed by atoms with Crippen LogP contribution in [0.25, 0.3) is 0 Å². The largest absolute Gasteiger partial charge is 0.465 e. The van der Waals surface area contributed by atoms with E-state index in [4.69, 9.17) is 4.74 Å². The van der Waals surface area contributed by atoms with Crippen LogP contribution in [0.3, 0.4) is 0 Å². The normalized spacial score (nSPS) is 14.8. The smallest absolute Gasteiger partial charge is 0.340 e. The van der Waals surface area contributed by atoms with Crippen molar-refractivity contribution in [3.05, 3.63) is 22.8 Å². The number of hydrogen-bond donors (Lipinski definition) is 1. The number of esters is 1. The van der Waals surface area contributed by atoms with Gasteiger partial charge in [-0.2, -0.15) is 0 Å². The number of nitrogens with zero attached hydrogens (tertiary/aromatic N) is 3. The van der Waals surface area contributed by atoms with Gasteiger partial charge >= 0.3 is 5.97 Å². The molecule has 1 aliphatic rings. The summed E-state index contributed by atoms with van der Waals surface area (Å²) in [5.41, 5.74) is 0.373. The van der Waals surface area contributed by atoms with Crippen LogP contribution in [0.15, 0.2) is 16.6 Å². The first-order valence-corrected chi connectivity index (χ1v) is 11.5. The third-order valence-corrected chi connectivity index (χ3v) is 6.76. The molecule has 0 saturated heterocycles. The van der Waals surface area contributed by atoms with Crippen molar-refractivity contribution in [3.63, 3.8) is 0 Å². The van der Waals surface area contributed by atoms with Gasteiger partial charge in [-0.05, 0) is 24.3 Å². The molecule has 1 aliphatic carbocycles. The van der Waals surface area contributed by atoms with Crippen LogP contribution in [-0.4, -0.2) is 39.5 Å². The van der Waals surface area contributed by atoms with E-state index in [-0.39, 0.29) is 11.7 Å². The second-order valence-corrected chi connectivity index (χ2v) is 8.70. The minimum atomic E-state index is -0.456. The summed E-state index contributed by atoms with van der Waals surface area (Å²) in [6.07, 6.45) is 7.46. The van der Waals surface area contributed by atoms with Gasteiger partial charge in [0.1, 0.15) is 10.8 Å². The van der Waals surface area contributed by atoms with Crippen molar-refractivity contribution in [2.75, 3.05) is 18.2 Å². The molecule has 152 valence electrons. The molecule has 0 aromatic carbocycles. The maximum absolute atomic E-state index is 12.3. The van der Waals surface area contributed by atoms with E-state index in [0.29, 0.717) is 16.5 Å². The van der Waals surface area contributed by atoms with E-state index in [1.807, 2.05) is 0 Å². The number of hydrogen-bond acceptors (Lipinski definition) is 7. The minimum Gasteiger partial charge on any atom is -0.465 e. The number of thiophene rings is 1. The van der Waals surface area contributed by atoms with E-state index in [1.54, 1.807) is 11.4 Å². The molecule has 0 radical (unpaired) electrons. The van der Waals surface area contributed by atoms with Crippen molar-refractivity contribution in [2.45, 2.75) is 57.1 Å². The molecule has 2 heterocycles. The molecule has 0 aliphatic heterocycles. The molecular formula is C19H26N4O3S2. The molecule has 2 aromatic heterocycles. The number of carbonyl (C=O) groups is 2. The van der Waals surface area contributed by atoms with Crippen LogP contribution in [-0.2, 0) is 22.5 Å². The summed E-state index contributed by atoms with van der Waals surface area (Å²) in [4.78, 5) is 24.0. The highest BCUT2D eigenvalue weighted by molar-refractivity contribution is 7.99. The van der Waals surface area contributed by atoms with E-state index >= 15 is 0 Å². The zero-order valence-corrected chi connectivity index (χ0v) is 17.9. The fourth-order valence-corrected chi connectivity index (χ4v) is 5.13. The van der Waals surface area contributed by atoms with Crippen molar-refractivity contribution in [3.8, 4) is 0 Å². The number of amides is 1. The Labute approximate surface area is 173 Å². The molecule has 1 saturated carbocycles. The van der Waals surface area contributed by atoms with Crippen molar-refractivity contribution >= 4 is 40.0 Å². The maximum Gasteiger partial charge on any atom is 0.340 e. The first-order valence-electron chi connectivity index (χ1n) is 9.62. The SMILES string of the molecule is CCn1c(CC2CCCCC2)nnc1SCC(=O)Nc1sccc1C(=O)OC. The second-order valence-electron chi connectivity index (χ2n) is 6.84. The lowest BCUT2D eigenvalue weighted by atomic mass is 9.87. The molecule has 0 bridgehead atoms. The Bertz CT molecular complexity index is 812. The molecule has 3 rings (SSSR count). The molecule has 2 aromatic rings. The molecule has 1 fully saturated rings. The Hall–Kier alpha value is -1.87. The van der Waals surface area contributed by atoms with Crippen LogP contribution in [0.5, 0.6) is 0 Å². The van der Waals surface area contributed by atoms with Crippen LogP contribution in [0.2, 0.25) is 0 Å². The molecule has 1 amide bonds. The third-order valence-electron chi connectivity index (χ3n) is 4.96. The van der Waals surface area contributed by atoms with Crippen LogP contribution >= 0.6 is 23.1 Å². The molecule has 28 heavy (non-hydrogen) atoms. The van der Waals surface area contributed by atoms with E-state index in [9.17, 15) is 9.59 Å². The number of rotatable bonds is 8. The van der Waals surface area contributed by atoms with Gasteiger partial charge in [0.2, 0.25) is 5.91 Å². The van der Waals surface area contributed by atoms with Gasteiger partial charge in [-0.3, -0.25) is 4.79 Å². The Morgan fingerprint density at radius 3 is 2.82 bits per heavy atom. The highest BCUT2D eigenvalue weighted by Gasteiger charge is 2.20. The Kier molecular flexibility index (Phi) is 7.50. The summed E-state index contributed by atoms with van der Waals surface area (Å²) < 4.78 is 6.84. The molecule has 0 atom stereocenters. The lowest BCUT2D eigenvalue weighted by Gasteiger charge is -2.21. The van der Waals surface area contributed by atoms with Crippen LogP contribution < -0.4 is 5.32 Å². The van der Waals surface area contributed by atoms with Gasteiger partial charge in [-0.1, -0.05) is 43.9 Å². The third kappa shape index (κ3) is 5.14. The molecule has 0 spiro atoms. The fourth-order valence-electron chi connectivity index (χ4n) is 3.51. The first kappa shape index (κ1) is 20.9. The summed E-state index contributed by atoms with van der Waals surface area (Å²) in [5, 5.41) is 14.5. The van der Waals surface area contributed by atoms with Crippen molar-refractivity contribution in [1.29, 1.82) is 0 Å². The number of aromatic nitrogens is 3. The number of methoxy groups -OCH3 is 1.